The summed E-state index contributed by atoms with van der Waals surface area (Å²) >= 11 is 11.9. The molecule has 6 heteroatoms. The highest BCUT2D eigenvalue weighted by atomic mass is 35.5. The van der Waals surface area contributed by atoms with E-state index < -0.39 is 11.7 Å². The third kappa shape index (κ3) is 2.07. The molecule has 0 bridgehead atoms. The van der Waals surface area contributed by atoms with Crippen LogP contribution in [-0.4, -0.2) is 16.7 Å². The van der Waals surface area contributed by atoms with Gasteiger partial charge in [0.1, 0.15) is 5.15 Å². The highest BCUT2D eigenvalue weighted by Gasteiger charge is 2.36. The van der Waals surface area contributed by atoms with Crippen molar-refractivity contribution in [2.24, 2.45) is 0 Å². The Bertz CT molecular complexity index is 731. The molecule has 1 amide bonds. The van der Waals surface area contributed by atoms with E-state index >= 15 is 0 Å². The van der Waals surface area contributed by atoms with Crippen LogP contribution in [-0.2, 0) is 11.3 Å². The zero-order valence-electron chi connectivity index (χ0n) is 10.1. The fourth-order valence-electron chi connectivity index (χ4n) is 2.13. The van der Waals surface area contributed by atoms with Crippen LogP contribution in [0.4, 0.5) is 5.69 Å². The first-order valence-corrected chi connectivity index (χ1v) is 6.58. The second-order valence-electron chi connectivity index (χ2n) is 4.34. The number of anilines is 1. The minimum Gasteiger partial charge on any atom is -0.300 e. The van der Waals surface area contributed by atoms with E-state index in [0.29, 0.717) is 27.0 Å². The second kappa shape index (κ2) is 4.89. The minimum absolute atomic E-state index is 0.185. The number of halogens is 2. The Morgan fingerprint density at radius 3 is 2.70 bits per heavy atom. The molecule has 2 aromatic rings. The summed E-state index contributed by atoms with van der Waals surface area (Å²) in [5.41, 5.74) is 1.54. The van der Waals surface area contributed by atoms with Gasteiger partial charge in [-0.05, 0) is 24.3 Å². The fourth-order valence-corrected chi connectivity index (χ4v) is 2.48. The third-order valence-electron chi connectivity index (χ3n) is 3.10. The summed E-state index contributed by atoms with van der Waals surface area (Å²) in [7, 11) is 0. The van der Waals surface area contributed by atoms with E-state index in [9.17, 15) is 9.59 Å². The molecule has 0 atom stereocenters. The molecule has 1 aliphatic heterocycles. The number of carbonyl (C=O) groups is 2. The zero-order valence-corrected chi connectivity index (χ0v) is 11.6. The molecule has 0 unspecified atom stereocenters. The molecular formula is C14H8Cl2N2O2. The zero-order chi connectivity index (χ0) is 14.3. The van der Waals surface area contributed by atoms with Gasteiger partial charge in [0.25, 0.3) is 11.7 Å². The van der Waals surface area contributed by atoms with Crippen molar-refractivity contribution in [2.45, 2.75) is 6.54 Å². The van der Waals surface area contributed by atoms with Crippen LogP contribution in [0.2, 0.25) is 10.2 Å². The summed E-state index contributed by atoms with van der Waals surface area (Å²) in [5.74, 6) is -1.11. The number of benzene rings is 1. The van der Waals surface area contributed by atoms with Crippen molar-refractivity contribution in [1.29, 1.82) is 0 Å². The Morgan fingerprint density at radius 1 is 1.15 bits per heavy atom. The Labute approximate surface area is 124 Å². The van der Waals surface area contributed by atoms with Crippen LogP contribution in [0, 0.1) is 0 Å². The van der Waals surface area contributed by atoms with E-state index in [1.54, 1.807) is 36.5 Å². The molecule has 1 aromatic carbocycles. The Balaban J connectivity index is 2.03. The molecule has 0 saturated heterocycles. The van der Waals surface area contributed by atoms with Crippen molar-refractivity contribution in [2.75, 3.05) is 4.90 Å². The van der Waals surface area contributed by atoms with Gasteiger partial charge in [-0.2, -0.15) is 0 Å². The molecule has 20 heavy (non-hydrogen) atoms. The molecule has 100 valence electrons. The number of fused-ring (bicyclic) bond motifs is 1. The highest BCUT2D eigenvalue weighted by Crippen LogP contribution is 2.33. The smallest absolute Gasteiger partial charge is 0.299 e. The van der Waals surface area contributed by atoms with Crippen LogP contribution < -0.4 is 4.90 Å². The average Bonchev–Trinajstić information content (AvgIpc) is 2.66. The monoisotopic (exact) mass is 306 g/mol. The molecule has 1 aliphatic rings. The maximum atomic E-state index is 12.1. The molecule has 4 nitrogen and oxygen atoms in total. The first kappa shape index (κ1) is 13.1. The number of rotatable bonds is 2. The van der Waals surface area contributed by atoms with Gasteiger partial charge in [-0.25, -0.2) is 4.98 Å². The van der Waals surface area contributed by atoms with Crippen molar-refractivity contribution in [3.8, 4) is 0 Å². The molecule has 0 aliphatic carbocycles. The number of nitrogens with zero attached hydrogens (tertiary/aromatic N) is 2. The number of ketones is 1. The van der Waals surface area contributed by atoms with E-state index in [1.165, 1.54) is 4.90 Å². The van der Waals surface area contributed by atoms with Crippen LogP contribution in [0.15, 0.2) is 36.5 Å². The lowest BCUT2D eigenvalue weighted by molar-refractivity contribution is -0.114. The number of hydrogen-bond acceptors (Lipinski definition) is 3. The van der Waals surface area contributed by atoms with Gasteiger partial charge in [0.2, 0.25) is 0 Å². The van der Waals surface area contributed by atoms with Gasteiger partial charge in [-0.3, -0.25) is 9.59 Å². The lowest BCUT2D eigenvalue weighted by atomic mass is 10.1. The van der Waals surface area contributed by atoms with Crippen molar-refractivity contribution < 1.29 is 9.59 Å². The lowest BCUT2D eigenvalue weighted by Gasteiger charge is -2.17. The third-order valence-corrected chi connectivity index (χ3v) is 3.67. The van der Waals surface area contributed by atoms with E-state index in [0.717, 1.165) is 0 Å². The van der Waals surface area contributed by atoms with Crippen LogP contribution >= 0.6 is 23.2 Å². The second-order valence-corrected chi connectivity index (χ2v) is 5.13. The van der Waals surface area contributed by atoms with E-state index in [-0.39, 0.29) is 6.54 Å². The van der Waals surface area contributed by atoms with Gasteiger partial charge in [0.05, 0.1) is 17.8 Å². The topological polar surface area (TPSA) is 50.3 Å². The first-order valence-electron chi connectivity index (χ1n) is 5.83. The summed E-state index contributed by atoms with van der Waals surface area (Å²) in [6, 6.07) is 8.23. The Hall–Kier alpha value is -1.91. The van der Waals surface area contributed by atoms with Crippen molar-refractivity contribution >= 4 is 40.6 Å². The standard InChI is InChI=1S/C14H8Cl2N2O2/c15-9-3-4-10-11(6-9)18(14(20)12(10)19)7-8-2-1-5-17-13(8)16/h1-6H,7H2. The first-order chi connectivity index (χ1) is 9.58. The molecular weight excluding hydrogens is 299 g/mol. The highest BCUT2D eigenvalue weighted by molar-refractivity contribution is 6.52. The molecule has 0 fully saturated rings. The quantitative estimate of drug-likeness (QED) is 0.633. The Morgan fingerprint density at radius 2 is 1.95 bits per heavy atom. The van der Waals surface area contributed by atoms with Gasteiger partial charge in [0.15, 0.2) is 0 Å². The normalized spacial score (nSPS) is 13.8. The molecule has 1 aromatic heterocycles. The van der Waals surface area contributed by atoms with Gasteiger partial charge in [-0.15, -0.1) is 0 Å². The van der Waals surface area contributed by atoms with E-state index in [2.05, 4.69) is 4.98 Å². The van der Waals surface area contributed by atoms with Crippen LogP contribution in [0.25, 0.3) is 0 Å². The summed E-state index contributed by atoms with van der Waals surface area (Å²) in [4.78, 5) is 29.3. The van der Waals surface area contributed by atoms with Crippen LogP contribution in [0.3, 0.4) is 0 Å². The van der Waals surface area contributed by atoms with Crippen molar-refractivity contribution in [3.63, 3.8) is 0 Å². The average molecular weight is 307 g/mol. The number of carbonyl (C=O) groups excluding carboxylic acids is 2. The number of hydrogen-bond donors (Lipinski definition) is 0. The maximum absolute atomic E-state index is 12.1. The maximum Gasteiger partial charge on any atom is 0.299 e. The summed E-state index contributed by atoms with van der Waals surface area (Å²) in [5, 5.41) is 0.775. The summed E-state index contributed by atoms with van der Waals surface area (Å²) in [6.45, 7) is 0.185. The van der Waals surface area contributed by atoms with Gasteiger partial charge >= 0.3 is 0 Å². The van der Waals surface area contributed by atoms with E-state index in [1.807, 2.05) is 0 Å². The van der Waals surface area contributed by atoms with Crippen molar-refractivity contribution in [1.82, 2.24) is 4.98 Å². The van der Waals surface area contributed by atoms with Gasteiger partial charge in [0, 0.05) is 16.8 Å². The number of Topliss-reactive ketones (excluding diaryl/α,β-unsaturated/α-hetero) is 1. The fraction of sp³-hybridized carbons (Fsp3) is 0.0714. The molecule has 0 radical (unpaired) electrons. The van der Waals surface area contributed by atoms with Gasteiger partial charge < -0.3 is 4.90 Å². The van der Waals surface area contributed by atoms with Crippen LogP contribution in [0.5, 0.6) is 0 Å². The molecule has 0 saturated carbocycles. The van der Waals surface area contributed by atoms with E-state index in [4.69, 9.17) is 23.2 Å². The predicted molar refractivity (Wildman–Crippen MR) is 76.2 cm³/mol. The molecule has 3 rings (SSSR count). The SMILES string of the molecule is O=C1C(=O)N(Cc2cccnc2Cl)c2cc(Cl)ccc21. The largest absolute Gasteiger partial charge is 0.300 e. The number of amides is 1. The number of aromatic nitrogens is 1. The molecule has 0 N–H and O–H groups in total. The Kier molecular flexibility index (Phi) is 3.20. The van der Waals surface area contributed by atoms with Gasteiger partial charge in [-0.1, -0.05) is 29.3 Å². The predicted octanol–water partition coefficient (Wildman–Crippen LogP) is 3.12. The van der Waals surface area contributed by atoms with Crippen molar-refractivity contribution in [3.05, 3.63) is 57.8 Å². The summed E-state index contributed by atoms with van der Waals surface area (Å²) < 4.78 is 0. The number of pyridine rings is 1. The molecule has 0 spiro atoms. The summed E-state index contributed by atoms with van der Waals surface area (Å²) in [6.07, 6.45) is 1.56. The molecule has 2 heterocycles. The lowest BCUT2D eigenvalue weighted by Crippen LogP contribution is -2.29. The van der Waals surface area contributed by atoms with Crippen LogP contribution in [0.1, 0.15) is 15.9 Å². The minimum atomic E-state index is -0.581.